The third kappa shape index (κ3) is 6.58. The molecule has 1 aromatic heterocycles. The Morgan fingerprint density at radius 3 is 2.41 bits per heavy atom. The number of aliphatic imine (C=N–C) groups is 1. The quantitative estimate of drug-likeness (QED) is 0.352. The van der Waals surface area contributed by atoms with Crippen molar-refractivity contribution >= 4 is 41.5 Å². The van der Waals surface area contributed by atoms with Gasteiger partial charge in [0.2, 0.25) is 0 Å². The maximum Gasteiger partial charge on any atom is 0.191 e. The van der Waals surface area contributed by atoms with Crippen LogP contribution in [-0.4, -0.2) is 46.8 Å². The summed E-state index contributed by atoms with van der Waals surface area (Å²) < 4.78 is 1.93. The number of aromatic nitrogens is 2. The smallest absolute Gasteiger partial charge is 0.191 e. The minimum absolute atomic E-state index is 0. The highest BCUT2D eigenvalue weighted by Gasteiger charge is 2.20. The van der Waals surface area contributed by atoms with Gasteiger partial charge in [0.05, 0.1) is 5.69 Å². The van der Waals surface area contributed by atoms with E-state index in [1.807, 2.05) is 30.9 Å². The molecular formula is C21H32ClIN6. The Morgan fingerprint density at radius 1 is 1.21 bits per heavy atom. The summed E-state index contributed by atoms with van der Waals surface area (Å²) >= 11 is 5.98. The van der Waals surface area contributed by atoms with Crippen LogP contribution in [0.4, 0.5) is 0 Å². The Balaban J connectivity index is 0.00000300. The normalized spacial score (nSPS) is 15.8. The molecule has 1 fully saturated rings. The molecule has 0 saturated carbocycles. The predicted octanol–water partition coefficient (Wildman–Crippen LogP) is 3.64. The van der Waals surface area contributed by atoms with E-state index in [9.17, 15) is 0 Å². The first-order chi connectivity index (χ1) is 13.5. The van der Waals surface area contributed by atoms with E-state index in [0.717, 1.165) is 55.7 Å². The zero-order valence-electron chi connectivity index (χ0n) is 17.7. The van der Waals surface area contributed by atoms with Gasteiger partial charge in [0.1, 0.15) is 0 Å². The summed E-state index contributed by atoms with van der Waals surface area (Å²) in [7, 11) is 3.81. The zero-order valence-corrected chi connectivity index (χ0v) is 20.8. The molecule has 3 rings (SSSR count). The summed E-state index contributed by atoms with van der Waals surface area (Å²) in [5, 5.41) is 12.3. The van der Waals surface area contributed by atoms with Gasteiger partial charge in [0, 0.05) is 62.6 Å². The number of hydrogen-bond donors (Lipinski definition) is 2. The number of aryl methyl sites for hydroxylation is 2. The van der Waals surface area contributed by atoms with Crippen molar-refractivity contribution in [3.05, 3.63) is 51.8 Å². The van der Waals surface area contributed by atoms with E-state index in [1.165, 1.54) is 16.8 Å². The molecule has 2 heterocycles. The monoisotopic (exact) mass is 530 g/mol. The van der Waals surface area contributed by atoms with Crippen molar-refractivity contribution in [1.29, 1.82) is 0 Å². The van der Waals surface area contributed by atoms with Gasteiger partial charge < -0.3 is 10.6 Å². The molecule has 29 heavy (non-hydrogen) atoms. The number of hydrogen-bond acceptors (Lipinski definition) is 3. The van der Waals surface area contributed by atoms with Gasteiger partial charge in [-0.25, -0.2) is 0 Å². The molecule has 0 unspecified atom stereocenters. The number of likely N-dealkylation sites (tertiary alicyclic amines) is 1. The van der Waals surface area contributed by atoms with Gasteiger partial charge in [-0.15, -0.1) is 24.0 Å². The Kier molecular flexibility index (Phi) is 9.23. The lowest BCUT2D eigenvalue weighted by molar-refractivity contribution is 0.198. The van der Waals surface area contributed by atoms with Crippen molar-refractivity contribution in [1.82, 2.24) is 25.3 Å². The number of guanidine groups is 1. The highest BCUT2D eigenvalue weighted by atomic mass is 127. The Hall–Kier alpha value is -1.32. The van der Waals surface area contributed by atoms with Crippen molar-refractivity contribution in [2.75, 3.05) is 20.1 Å². The zero-order chi connectivity index (χ0) is 20.1. The molecule has 0 bridgehead atoms. The van der Waals surface area contributed by atoms with Crippen LogP contribution in [0.25, 0.3) is 0 Å². The van der Waals surface area contributed by atoms with Crippen molar-refractivity contribution in [3.63, 3.8) is 0 Å². The maximum atomic E-state index is 5.98. The van der Waals surface area contributed by atoms with Crippen molar-refractivity contribution in [3.8, 4) is 0 Å². The largest absolute Gasteiger partial charge is 0.354 e. The second-order valence-electron chi connectivity index (χ2n) is 7.52. The first-order valence-corrected chi connectivity index (χ1v) is 10.3. The van der Waals surface area contributed by atoms with Crippen LogP contribution < -0.4 is 10.6 Å². The molecule has 0 aliphatic carbocycles. The lowest BCUT2D eigenvalue weighted by Gasteiger charge is -2.33. The molecule has 2 aromatic rings. The Morgan fingerprint density at radius 2 is 1.86 bits per heavy atom. The van der Waals surface area contributed by atoms with Crippen LogP contribution in [0.15, 0.2) is 29.3 Å². The van der Waals surface area contributed by atoms with Crippen LogP contribution in [-0.2, 0) is 20.1 Å². The number of nitrogens with zero attached hydrogens (tertiary/aromatic N) is 4. The molecule has 1 aliphatic heterocycles. The van der Waals surface area contributed by atoms with Crippen LogP contribution in [0, 0.1) is 13.8 Å². The molecule has 0 spiro atoms. The van der Waals surface area contributed by atoms with Gasteiger partial charge in [-0.3, -0.25) is 14.6 Å². The van der Waals surface area contributed by atoms with E-state index < -0.39 is 0 Å². The summed E-state index contributed by atoms with van der Waals surface area (Å²) in [5.41, 5.74) is 4.81. The van der Waals surface area contributed by atoms with Crippen molar-refractivity contribution in [2.24, 2.45) is 12.0 Å². The SMILES string of the molecule is CN=C(NCc1c(C)nn(C)c1C)NC1CCN(Cc2ccc(Cl)cc2)CC1.I. The lowest BCUT2D eigenvalue weighted by Crippen LogP contribution is -2.48. The van der Waals surface area contributed by atoms with Crippen LogP contribution in [0.2, 0.25) is 5.02 Å². The molecule has 1 saturated heterocycles. The molecule has 0 amide bonds. The molecular weight excluding hydrogens is 499 g/mol. The Bertz CT molecular complexity index is 809. The van der Waals surface area contributed by atoms with Crippen LogP contribution in [0.5, 0.6) is 0 Å². The van der Waals surface area contributed by atoms with Gasteiger partial charge in [-0.2, -0.15) is 5.10 Å². The maximum absolute atomic E-state index is 5.98. The summed E-state index contributed by atoms with van der Waals surface area (Å²) in [6, 6.07) is 8.60. The summed E-state index contributed by atoms with van der Waals surface area (Å²) in [6.07, 6.45) is 2.22. The van der Waals surface area contributed by atoms with Crippen molar-refractivity contribution < 1.29 is 0 Å². The molecule has 1 aliphatic rings. The number of nitrogens with one attached hydrogen (secondary N) is 2. The van der Waals surface area contributed by atoms with Gasteiger partial charge >= 0.3 is 0 Å². The summed E-state index contributed by atoms with van der Waals surface area (Å²) in [4.78, 5) is 6.90. The standard InChI is InChI=1S/C21H31ClN6.HI/c1-15-20(16(2)27(4)26-15)13-24-21(23-3)25-19-9-11-28(12-10-19)14-17-5-7-18(22)8-6-17;/h5-8,19H,9-14H2,1-4H3,(H2,23,24,25);1H. The molecule has 0 radical (unpaired) electrons. The van der Waals surface area contributed by atoms with Gasteiger partial charge in [-0.05, 0) is 44.4 Å². The minimum Gasteiger partial charge on any atom is -0.354 e. The number of rotatable bonds is 5. The first kappa shape index (κ1) is 24.0. The second kappa shape index (κ2) is 11.2. The number of benzene rings is 1. The van der Waals surface area contributed by atoms with E-state index >= 15 is 0 Å². The molecule has 160 valence electrons. The van der Waals surface area contributed by atoms with Gasteiger partial charge in [-0.1, -0.05) is 23.7 Å². The fourth-order valence-electron chi connectivity index (χ4n) is 3.72. The summed E-state index contributed by atoms with van der Waals surface area (Å²) in [6.45, 7) is 8.04. The topological polar surface area (TPSA) is 57.5 Å². The third-order valence-electron chi connectivity index (χ3n) is 5.56. The van der Waals surface area contributed by atoms with E-state index in [4.69, 9.17) is 11.6 Å². The lowest BCUT2D eigenvalue weighted by atomic mass is 10.0. The van der Waals surface area contributed by atoms with Crippen LogP contribution >= 0.6 is 35.6 Å². The van der Waals surface area contributed by atoms with Gasteiger partial charge in [0.15, 0.2) is 5.96 Å². The van der Waals surface area contributed by atoms with E-state index in [-0.39, 0.29) is 24.0 Å². The van der Waals surface area contributed by atoms with E-state index in [0.29, 0.717) is 6.04 Å². The van der Waals surface area contributed by atoms with E-state index in [2.05, 4.69) is 51.6 Å². The molecule has 8 heteroatoms. The van der Waals surface area contributed by atoms with Crippen LogP contribution in [0.1, 0.15) is 35.4 Å². The van der Waals surface area contributed by atoms with Crippen LogP contribution in [0.3, 0.4) is 0 Å². The van der Waals surface area contributed by atoms with Crippen molar-refractivity contribution in [2.45, 2.75) is 45.8 Å². The average molecular weight is 531 g/mol. The second-order valence-corrected chi connectivity index (χ2v) is 7.96. The predicted molar refractivity (Wildman–Crippen MR) is 131 cm³/mol. The third-order valence-corrected chi connectivity index (χ3v) is 5.81. The fraction of sp³-hybridized carbons (Fsp3) is 0.524. The minimum atomic E-state index is 0. The molecule has 6 nitrogen and oxygen atoms in total. The molecule has 2 N–H and O–H groups in total. The average Bonchev–Trinajstić information content (AvgIpc) is 2.93. The highest BCUT2D eigenvalue weighted by molar-refractivity contribution is 14.0. The fourth-order valence-corrected chi connectivity index (χ4v) is 3.84. The van der Waals surface area contributed by atoms with Gasteiger partial charge in [0.25, 0.3) is 0 Å². The van der Waals surface area contributed by atoms with E-state index in [1.54, 1.807) is 0 Å². The Labute approximate surface area is 196 Å². The summed E-state index contributed by atoms with van der Waals surface area (Å²) in [5.74, 6) is 0.860. The molecule has 1 aromatic carbocycles. The number of halogens is 2. The first-order valence-electron chi connectivity index (χ1n) is 9.89. The molecule has 0 atom stereocenters. The highest BCUT2D eigenvalue weighted by Crippen LogP contribution is 2.16. The number of piperidine rings is 1.